The molecule has 4 N–H and O–H groups in total. The van der Waals surface area contributed by atoms with Crippen LogP contribution in [0.15, 0.2) is 11.4 Å². The zero-order valence-corrected chi connectivity index (χ0v) is 12.5. The number of nitrogens with zero attached hydrogens (tertiary/aromatic N) is 2. The van der Waals surface area contributed by atoms with Gasteiger partial charge in [0.05, 0.1) is 11.9 Å². The number of imidazole rings is 1. The van der Waals surface area contributed by atoms with Gasteiger partial charge in [0.1, 0.15) is 0 Å². The molecule has 1 aliphatic rings. The third-order valence-electron chi connectivity index (χ3n) is 3.79. The maximum Gasteiger partial charge on any atom is 0.260 e. The number of aromatic nitrogens is 2. The second-order valence-corrected chi connectivity index (χ2v) is 7.19. The van der Waals surface area contributed by atoms with Gasteiger partial charge in [-0.2, -0.15) is 0 Å². The molecule has 0 aliphatic heterocycles. The minimum absolute atomic E-state index is 0.0138. The topological polar surface area (TPSA) is 110 Å². The highest BCUT2D eigenvalue weighted by Gasteiger charge is 2.31. The molecular formula is C12H22N4O3S. The Balaban J connectivity index is 2.09. The van der Waals surface area contributed by atoms with Crippen LogP contribution in [0.3, 0.4) is 0 Å². The zero-order valence-electron chi connectivity index (χ0n) is 11.7. The largest absolute Gasteiger partial charge is 0.389 e. The number of aliphatic hydroxyl groups is 1. The number of nitrogen functional groups attached to an aromatic ring is 1. The third kappa shape index (κ3) is 3.31. The lowest BCUT2D eigenvalue weighted by atomic mass is 9.95. The van der Waals surface area contributed by atoms with Crippen LogP contribution in [0.25, 0.3) is 0 Å². The average Bonchev–Trinajstić information content (AvgIpc) is 2.60. The first-order valence-corrected chi connectivity index (χ1v) is 8.31. The number of aryl methyl sites for hydroxylation is 1. The first-order chi connectivity index (χ1) is 9.34. The van der Waals surface area contributed by atoms with Gasteiger partial charge in [-0.15, -0.1) is 0 Å². The molecule has 0 amide bonds. The van der Waals surface area contributed by atoms with Crippen molar-refractivity contribution < 1.29 is 13.5 Å². The average molecular weight is 302 g/mol. The summed E-state index contributed by atoms with van der Waals surface area (Å²) >= 11 is 0. The molecule has 114 valence electrons. The van der Waals surface area contributed by atoms with E-state index in [1.54, 1.807) is 7.05 Å². The van der Waals surface area contributed by atoms with Gasteiger partial charge in [-0.05, 0) is 12.8 Å². The lowest BCUT2D eigenvalue weighted by Crippen LogP contribution is -2.43. The maximum absolute atomic E-state index is 12.2. The van der Waals surface area contributed by atoms with E-state index in [-0.39, 0.29) is 17.4 Å². The summed E-state index contributed by atoms with van der Waals surface area (Å²) in [7, 11) is -2.19. The lowest BCUT2D eigenvalue weighted by molar-refractivity contribution is 0.0303. The molecule has 7 nitrogen and oxygen atoms in total. The summed E-state index contributed by atoms with van der Waals surface area (Å²) in [6.07, 6.45) is 6.61. The van der Waals surface area contributed by atoms with Gasteiger partial charge in [-0.3, -0.25) is 0 Å². The van der Waals surface area contributed by atoms with Crippen molar-refractivity contribution in [3.63, 3.8) is 0 Å². The van der Waals surface area contributed by atoms with Crippen molar-refractivity contribution in [2.75, 3.05) is 12.3 Å². The van der Waals surface area contributed by atoms with Crippen molar-refractivity contribution in [1.29, 1.82) is 0 Å². The quantitative estimate of drug-likeness (QED) is 0.696. The lowest BCUT2D eigenvalue weighted by Gasteiger charge is -2.26. The molecule has 0 radical (unpaired) electrons. The first kappa shape index (κ1) is 15.3. The molecule has 1 saturated carbocycles. The number of nitrogens with one attached hydrogen (secondary N) is 1. The van der Waals surface area contributed by atoms with Gasteiger partial charge in [-0.25, -0.2) is 18.1 Å². The Morgan fingerprint density at radius 1 is 1.40 bits per heavy atom. The van der Waals surface area contributed by atoms with Crippen LogP contribution in [0.2, 0.25) is 0 Å². The summed E-state index contributed by atoms with van der Waals surface area (Å²) in [5.41, 5.74) is 4.62. The summed E-state index contributed by atoms with van der Waals surface area (Å²) in [6.45, 7) is 0.0138. The molecule has 0 aromatic carbocycles. The Morgan fingerprint density at radius 2 is 2.00 bits per heavy atom. The van der Waals surface area contributed by atoms with E-state index in [9.17, 15) is 13.5 Å². The van der Waals surface area contributed by atoms with Gasteiger partial charge in [0, 0.05) is 13.6 Å². The molecule has 1 aromatic heterocycles. The Labute approximate surface area is 119 Å². The number of anilines is 1. The molecule has 2 rings (SSSR count). The van der Waals surface area contributed by atoms with Crippen LogP contribution in [-0.4, -0.2) is 35.2 Å². The predicted molar refractivity (Wildman–Crippen MR) is 75.5 cm³/mol. The van der Waals surface area contributed by atoms with Gasteiger partial charge < -0.3 is 15.4 Å². The van der Waals surface area contributed by atoms with Gasteiger partial charge in [-0.1, -0.05) is 25.7 Å². The Morgan fingerprint density at radius 3 is 2.50 bits per heavy atom. The highest BCUT2D eigenvalue weighted by molar-refractivity contribution is 7.89. The van der Waals surface area contributed by atoms with Crippen LogP contribution >= 0.6 is 0 Å². The van der Waals surface area contributed by atoms with Crippen molar-refractivity contribution in [1.82, 2.24) is 14.3 Å². The molecule has 0 bridgehead atoms. The summed E-state index contributed by atoms with van der Waals surface area (Å²) in [5, 5.41) is 10.4. The van der Waals surface area contributed by atoms with Crippen LogP contribution in [0, 0.1) is 0 Å². The van der Waals surface area contributed by atoms with Gasteiger partial charge in [0.15, 0.2) is 10.8 Å². The van der Waals surface area contributed by atoms with E-state index in [4.69, 9.17) is 5.73 Å². The Hall–Kier alpha value is -1.12. The SMILES string of the molecule is Cn1cnc(N)c1S(=O)(=O)NCC1(O)CCCCCC1. The fourth-order valence-electron chi connectivity index (χ4n) is 2.63. The van der Waals surface area contributed by atoms with Gasteiger partial charge >= 0.3 is 0 Å². The first-order valence-electron chi connectivity index (χ1n) is 6.83. The third-order valence-corrected chi connectivity index (χ3v) is 5.32. The fraction of sp³-hybridized carbons (Fsp3) is 0.750. The normalized spacial score (nSPS) is 19.7. The van der Waals surface area contributed by atoms with Crippen LogP contribution in [0.4, 0.5) is 5.82 Å². The second kappa shape index (κ2) is 5.71. The van der Waals surface area contributed by atoms with Crippen LogP contribution < -0.4 is 10.5 Å². The second-order valence-electron chi connectivity index (χ2n) is 5.51. The highest BCUT2D eigenvalue weighted by Crippen LogP contribution is 2.27. The maximum atomic E-state index is 12.2. The summed E-state index contributed by atoms with van der Waals surface area (Å²) in [4.78, 5) is 3.77. The molecule has 1 heterocycles. The van der Waals surface area contributed by atoms with Crippen molar-refractivity contribution in [2.45, 2.75) is 49.2 Å². The fourth-order valence-corrected chi connectivity index (χ4v) is 3.98. The minimum atomic E-state index is -3.76. The van der Waals surface area contributed by atoms with Gasteiger partial charge in [0.2, 0.25) is 0 Å². The van der Waals surface area contributed by atoms with Crippen LogP contribution in [0.1, 0.15) is 38.5 Å². The van der Waals surface area contributed by atoms with Crippen molar-refractivity contribution in [3.05, 3.63) is 6.33 Å². The number of hydrogen-bond acceptors (Lipinski definition) is 5. The molecule has 20 heavy (non-hydrogen) atoms. The number of sulfonamides is 1. The van der Waals surface area contributed by atoms with E-state index < -0.39 is 15.6 Å². The highest BCUT2D eigenvalue weighted by atomic mass is 32.2. The van der Waals surface area contributed by atoms with Gasteiger partial charge in [0.25, 0.3) is 10.0 Å². The standard InChI is InChI=1S/C12H22N4O3S/c1-16-9-14-10(13)11(16)20(18,19)15-8-12(17)6-4-2-3-5-7-12/h9,15,17H,2-8,13H2,1H3. The smallest absolute Gasteiger partial charge is 0.260 e. The van der Waals surface area contributed by atoms with Crippen LogP contribution in [-0.2, 0) is 17.1 Å². The summed E-state index contributed by atoms with van der Waals surface area (Å²) in [6, 6.07) is 0. The van der Waals surface area contributed by atoms with E-state index >= 15 is 0 Å². The molecule has 1 aliphatic carbocycles. The van der Waals surface area contributed by atoms with Crippen molar-refractivity contribution in [3.8, 4) is 0 Å². The summed E-state index contributed by atoms with van der Waals surface area (Å²) in [5.74, 6) is -0.0344. The Bertz CT molecular complexity index is 540. The molecule has 1 aromatic rings. The summed E-state index contributed by atoms with van der Waals surface area (Å²) < 4.78 is 28.3. The van der Waals surface area contributed by atoms with E-state index in [0.717, 1.165) is 25.7 Å². The molecule has 0 spiro atoms. The monoisotopic (exact) mass is 302 g/mol. The molecule has 1 fully saturated rings. The van der Waals surface area contributed by atoms with E-state index in [2.05, 4.69) is 9.71 Å². The minimum Gasteiger partial charge on any atom is -0.389 e. The molecule has 0 unspecified atom stereocenters. The number of nitrogens with two attached hydrogens (primary N) is 1. The number of rotatable bonds is 4. The van der Waals surface area contributed by atoms with E-state index in [1.165, 1.54) is 10.9 Å². The Kier molecular flexibility index (Phi) is 4.36. The van der Waals surface area contributed by atoms with Crippen molar-refractivity contribution in [2.24, 2.45) is 7.05 Å². The van der Waals surface area contributed by atoms with E-state index in [1.807, 2.05) is 0 Å². The van der Waals surface area contributed by atoms with E-state index in [0.29, 0.717) is 12.8 Å². The molecule has 0 atom stereocenters. The van der Waals surface area contributed by atoms with Crippen LogP contribution in [0.5, 0.6) is 0 Å². The molecule has 8 heteroatoms. The number of hydrogen-bond donors (Lipinski definition) is 3. The predicted octanol–water partition coefficient (Wildman–Crippen LogP) is 0.366. The molecular weight excluding hydrogens is 280 g/mol. The van der Waals surface area contributed by atoms with Crippen molar-refractivity contribution >= 4 is 15.8 Å². The zero-order chi connectivity index (χ0) is 14.8. The molecule has 0 saturated heterocycles.